The van der Waals surface area contributed by atoms with Gasteiger partial charge < -0.3 is 10.5 Å². The minimum absolute atomic E-state index is 0.204. The second kappa shape index (κ2) is 5.96. The molecule has 5 heteroatoms. The number of benzene rings is 2. The Kier molecular flexibility index (Phi) is 4.29. The first-order valence-electron chi connectivity index (χ1n) is 6.07. The van der Waals surface area contributed by atoms with E-state index in [0.717, 1.165) is 17.7 Å². The van der Waals surface area contributed by atoms with Crippen molar-refractivity contribution in [3.8, 4) is 5.75 Å². The Bertz CT molecular complexity index is 564. The summed E-state index contributed by atoms with van der Waals surface area (Å²) in [5.41, 5.74) is 6.45. The van der Waals surface area contributed by atoms with Crippen molar-refractivity contribution >= 4 is 0 Å². The zero-order chi connectivity index (χ0) is 14.6. The van der Waals surface area contributed by atoms with E-state index in [0.29, 0.717) is 17.9 Å². The molecule has 0 fully saturated rings. The largest absolute Gasteiger partial charge is 0.489 e. The molecule has 20 heavy (non-hydrogen) atoms. The summed E-state index contributed by atoms with van der Waals surface area (Å²) in [7, 11) is 0. The van der Waals surface area contributed by atoms with Crippen molar-refractivity contribution in [2.45, 2.75) is 19.3 Å². The molecule has 2 rings (SSSR count). The van der Waals surface area contributed by atoms with Gasteiger partial charge in [-0.25, -0.2) is 0 Å². The minimum atomic E-state index is -4.31. The summed E-state index contributed by atoms with van der Waals surface area (Å²) in [6.45, 7) is 0.554. The second-order valence-corrected chi connectivity index (χ2v) is 4.30. The summed E-state index contributed by atoms with van der Waals surface area (Å²) < 4.78 is 42.9. The van der Waals surface area contributed by atoms with Gasteiger partial charge in [0, 0.05) is 12.1 Å². The maximum atomic E-state index is 12.4. The molecule has 0 aliphatic heterocycles. The number of hydrogen-bond acceptors (Lipinski definition) is 2. The quantitative estimate of drug-likeness (QED) is 0.926. The van der Waals surface area contributed by atoms with Gasteiger partial charge in [-0.1, -0.05) is 30.3 Å². The molecule has 0 saturated carbocycles. The Morgan fingerprint density at radius 3 is 2.20 bits per heavy atom. The lowest BCUT2D eigenvalue weighted by Gasteiger charge is -2.11. The van der Waals surface area contributed by atoms with Gasteiger partial charge in [0.1, 0.15) is 12.4 Å². The molecule has 0 radical (unpaired) electrons. The highest BCUT2D eigenvalue weighted by molar-refractivity contribution is 5.33. The fourth-order valence-corrected chi connectivity index (χ4v) is 1.76. The maximum Gasteiger partial charge on any atom is 0.416 e. The van der Waals surface area contributed by atoms with Crippen molar-refractivity contribution in [2.75, 3.05) is 0 Å². The highest BCUT2D eigenvalue weighted by atomic mass is 19.4. The lowest BCUT2D eigenvalue weighted by Crippen LogP contribution is -2.05. The van der Waals surface area contributed by atoms with E-state index >= 15 is 0 Å². The average molecular weight is 281 g/mol. The van der Waals surface area contributed by atoms with Crippen LogP contribution in [0.25, 0.3) is 0 Å². The van der Waals surface area contributed by atoms with Crippen LogP contribution in [-0.2, 0) is 19.3 Å². The highest BCUT2D eigenvalue weighted by Crippen LogP contribution is 2.29. The smallest absolute Gasteiger partial charge is 0.416 e. The lowest BCUT2D eigenvalue weighted by molar-refractivity contribution is -0.137. The van der Waals surface area contributed by atoms with E-state index in [-0.39, 0.29) is 6.61 Å². The first kappa shape index (κ1) is 14.4. The summed E-state index contributed by atoms with van der Waals surface area (Å²) in [5, 5.41) is 0. The Morgan fingerprint density at radius 1 is 0.950 bits per heavy atom. The first-order chi connectivity index (χ1) is 9.50. The summed E-state index contributed by atoms with van der Waals surface area (Å²) in [5.74, 6) is 0.648. The molecular formula is C15H14F3NO. The number of halogens is 3. The molecule has 2 N–H and O–H groups in total. The van der Waals surface area contributed by atoms with Gasteiger partial charge in [-0.3, -0.25) is 0 Å². The van der Waals surface area contributed by atoms with E-state index in [1.165, 1.54) is 12.1 Å². The van der Waals surface area contributed by atoms with Crippen LogP contribution in [0.2, 0.25) is 0 Å². The number of nitrogens with two attached hydrogens (primary N) is 1. The molecule has 0 spiro atoms. The van der Waals surface area contributed by atoms with Gasteiger partial charge in [0.25, 0.3) is 0 Å². The van der Waals surface area contributed by atoms with Crippen LogP contribution in [0.4, 0.5) is 13.2 Å². The van der Waals surface area contributed by atoms with Crippen molar-refractivity contribution in [1.29, 1.82) is 0 Å². The molecule has 106 valence electrons. The monoisotopic (exact) mass is 281 g/mol. The molecule has 0 aliphatic carbocycles. The third-order valence-electron chi connectivity index (χ3n) is 2.87. The third-order valence-corrected chi connectivity index (χ3v) is 2.87. The van der Waals surface area contributed by atoms with Gasteiger partial charge in [0.2, 0.25) is 0 Å². The van der Waals surface area contributed by atoms with E-state index in [1.807, 2.05) is 18.2 Å². The van der Waals surface area contributed by atoms with E-state index < -0.39 is 11.7 Å². The van der Waals surface area contributed by atoms with Gasteiger partial charge in [0.15, 0.2) is 0 Å². The number of para-hydroxylation sites is 1. The Hall–Kier alpha value is -2.01. The second-order valence-electron chi connectivity index (χ2n) is 4.30. The molecular weight excluding hydrogens is 267 g/mol. The zero-order valence-electron chi connectivity index (χ0n) is 10.7. The predicted molar refractivity (Wildman–Crippen MR) is 70.1 cm³/mol. The summed E-state index contributed by atoms with van der Waals surface area (Å²) in [4.78, 5) is 0. The highest BCUT2D eigenvalue weighted by Gasteiger charge is 2.29. The van der Waals surface area contributed by atoms with Crippen molar-refractivity contribution < 1.29 is 17.9 Å². The van der Waals surface area contributed by atoms with Crippen LogP contribution in [0.3, 0.4) is 0 Å². The molecule has 0 amide bonds. The van der Waals surface area contributed by atoms with Crippen molar-refractivity contribution in [3.05, 3.63) is 65.2 Å². The fourth-order valence-electron chi connectivity index (χ4n) is 1.76. The van der Waals surface area contributed by atoms with Crippen LogP contribution in [0.1, 0.15) is 16.7 Å². The number of ether oxygens (including phenoxy) is 1. The predicted octanol–water partition coefficient (Wildman–Crippen LogP) is 3.74. The molecule has 0 heterocycles. The molecule has 0 unspecified atom stereocenters. The Morgan fingerprint density at radius 2 is 1.60 bits per heavy atom. The molecule has 0 saturated heterocycles. The van der Waals surface area contributed by atoms with Gasteiger partial charge in [0.05, 0.1) is 5.56 Å². The van der Waals surface area contributed by atoms with Gasteiger partial charge in [-0.2, -0.15) is 13.2 Å². The molecule has 2 aromatic carbocycles. The van der Waals surface area contributed by atoms with Crippen LogP contribution in [0, 0.1) is 0 Å². The van der Waals surface area contributed by atoms with E-state index in [2.05, 4.69) is 0 Å². The summed E-state index contributed by atoms with van der Waals surface area (Å²) >= 11 is 0. The SMILES string of the molecule is NCc1ccccc1OCc1ccc(C(F)(F)F)cc1. The topological polar surface area (TPSA) is 35.2 Å². The van der Waals surface area contributed by atoms with Gasteiger partial charge in [-0.15, -0.1) is 0 Å². The van der Waals surface area contributed by atoms with Crippen LogP contribution < -0.4 is 10.5 Å². The standard InChI is InChI=1S/C15H14F3NO/c16-15(17,18)13-7-5-11(6-8-13)10-20-14-4-2-1-3-12(14)9-19/h1-8H,9-10,19H2. The molecule has 0 aromatic heterocycles. The van der Waals surface area contributed by atoms with E-state index in [1.54, 1.807) is 6.07 Å². The van der Waals surface area contributed by atoms with Gasteiger partial charge >= 0.3 is 6.18 Å². The Balaban J connectivity index is 2.04. The van der Waals surface area contributed by atoms with Crippen LogP contribution in [0.15, 0.2) is 48.5 Å². The van der Waals surface area contributed by atoms with Crippen LogP contribution in [-0.4, -0.2) is 0 Å². The molecule has 2 nitrogen and oxygen atoms in total. The minimum Gasteiger partial charge on any atom is -0.489 e. The molecule has 0 aliphatic rings. The van der Waals surface area contributed by atoms with Crippen LogP contribution >= 0.6 is 0 Å². The van der Waals surface area contributed by atoms with Crippen LogP contribution in [0.5, 0.6) is 5.75 Å². The number of rotatable bonds is 4. The Labute approximate surface area is 115 Å². The first-order valence-corrected chi connectivity index (χ1v) is 6.07. The molecule has 2 aromatic rings. The number of alkyl halides is 3. The summed E-state index contributed by atoms with van der Waals surface area (Å²) in [6.07, 6.45) is -4.31. The molecule has 0 atom stereocenters. The average Bonchev–Trinajstić information content (AvgIpc) is 2.45. The lowest BCUT2D eigenvalue weighted by atomic mass is 10.1. The third kappa shape index (κ3) is 3.51. The van der Waals surface area contributed by atoms with Crippen molar-refractivity contribution in [2.24, 2.45) is 5.73 Å². The van der Waals surface area contributed by atoms with Crippen molar-refractivity contribution in [3.63, 3.8) is 0 Å². The van der Waals surface area contributed by atoms with Gasteiger partial charge in [-0.05, 0) is 23.8 Å². The van der Waals surface area contributed by atoms with E-state index in [4.69, 9.17) is 10.5 Å². The maximum absolute atomic E-state index is 12.4. The zero-order valence-corrected chi connectivity index (χ0v) is 10.7. The fraction of sp³-hybridized carbons (Fsp3) is 0.200. The molecule has 0 bridgehead atoms. The normalized spacial score (nSPS) is 11.4. The number of hydrogen-bond donors (Lipinski definition) is 1. The van der Waals surface area contributed by atoms with E-state index in [9.17, 15) is 13.2 Å². The van der Waals surface area contributed by atoms with Crippen molar-refractivity contribution in [1.82, 2.24) is 0 Å². The summed E-state index contributed by atoms with van der Waals surface area (Å²) in [6, 6.07) is 12.2.